The number of amides is 2. The highest BCUT2D eigenvalue weighted by Crippen LogP contribution is 2.28. The third-order valence-electron chi connectivity index (χ3n) is 5.18. The summed E-state index contributed by atoms with van der Waals surface area (Å²) in [7, 11) is 0. The number of benzene rings is 1. The van der Waals surface area contributed by atoms with Crippen LogP contribution < -0.4 is 11.1 Å². The van der Waals surface area contributed by atoms with E-state index in [9.17, 15) is 9.59 Å². The summed E-state index contributed by atoms with van der Waals surface area (Å²) >= 11 is 1.41. The number of hydrogen-bond donors (Lipinski definition) is 2. The van der Waals surface area contributed by atoms with Crippen molar-refractivity contribution in [2.24, 2.45) is 5.73 Å². The van der Waals surface area contributed by atoms with Gasteiger partial charge < -0.3 is 11.1 Å². The van der Waals surface area contributed by atoms with E-state index in [1.165, 1.54) is 11.3 Å². The number of likely N-dealkylation sites (tertiary alicyclic amines) is 1. The number of aromatic nitrogens is 2. The van der Waals surface area contributed by atoms with E-state index in [0.717, 1.165) is 42.9 Å². The van der Waals surface area contributed by atoms with Crippen molar-refractivity contribution in [3.8, 4) is 11.3 Å². The second-order valence-corrected chi connectivity index (χ2v) is 8.25. The van der Waals surface area contributed by atoms with Gasteiger partial charge in [0.25, 0.3) is 0 Å². The van der Waals surface area contributed by atoms with E-state index in [2.05, 4.69) is 15.2 Å². The minimum Gasteiger partial charge on any atom is -0.366 e. The van der Waals surface area contributed by atoms with Crippen LogP contribution in [0.3, 0.4) is 0 Å². The maximum Gasteiger partial charge on any atom is 0.248 e. The van der Waals surface area contributed by atoms with Gasteiger partial charge in [0.15, 0.2) is 5.13 Å². The average molecular weight is 422 g/mol. The number of nitrogens with one attached hydrogen (secondary N) is 1. The number of piperidine rings is 1. The van der Waals surface area contributed by atoms with E-state index in [1.807, 2.05) is 35.7 Å². The predicted molar refractivity (Wildman–Crippen MR) is 117 cm³/mol. The van der Waals surface area contributed by atoms with Crippen LogP contribution in [0.25, 0.3) is 11.3 Å². The van der Waals surface area contributed by atoms with Crippen LogP contribution in [-0.2, 0) is 4.79 Å². The summed E-state index contributed by atoms with van der Waals surface area (Å²) in [6.07, 6.45) is 3.72. The van der Waals surface area contributed by atoms with Crippen molar-refractivity contribution >= 4 is 28.3 Å². The number of nitrogens with two attached hydrogens (primary N) is 1. The standard InChI is InChI=1S/C22H23N5O2S/c23-21(29)16-5-1-4-15(12-16)18-7-2-8-19(25-18)17-6-3-10-27(13-17)14-20(28)26-22-24-9-11-30-22/h1-2,4-5,7-9,11-12,17H,3,6,10,13-14H2,(H2,23,29)(H,24,26,28). The lowest BCUT2D eigenvalue weighted by Crippen LogP contribution is -2.40. The van der Waals surface area contributed by atoms with Crippen molar-refractivity contribution < 1.29 is 9.59 Å². The van der Waals surface area contributed by atoms with Gasteiger partial charge in [0.05, 0.1) is 12.2 Å². The van der Waals surface area contributed by atoms with Gasteiger partial charge in [-0.25, -0.2) is 4.98 Å². The van der Waals surface area contributed by atoms with Gasteiger partial charge in [-0.15, -0.1) is 11.3 Å². The number of hydrogen-bond acceptors (Lipinski definition) is 6. The van der Waals surface area contributed by atoms with Gasteiger partial charge in [0.1, 0.15) is 0 Å². The lowest BCUT2D eigenvalue weighted by molar-refractivity contribution is -0.117. The summed E-state index contributed by atoms with van der Waals surface area (Å²) in [6, 6.07) is 13.2. The van der Waals surface area contributed by atoms with E-state index < -0.39 is 5.91 Å². The average Bonchev–Trinajstić information content (AvgIpc) is 3.27. The van der Waals surface area contributed by atoms with Crippen LogP contribution in [0.2, 0.25) is 0 Å². The van der Waals surface area contributed by atoms with Crippen molar-refractivity contribution in [2.45, 2.75) is 18.8 Å². The molecule has 1 fully saturated rings. The van der Waals surface area contributed by atoms with E-state index >= 15 is 0 Å². The zero-order chi connectivity index (χ0) is 20.9. The van der Waals surface area contributed by atoms with E-state index in [0.29, 0.717) is 17.2 Å². The Balaban J connectivity index is 1.45. The fourth-order valence-electron chi connectivity index (χ4n) is 3.76. The van der Waals surface area contributed by atoms with Crippen molar-refractivity contribution in [1.82, 2.24) is 14.9 Å². The Morgan fingerprint density at radius 1 is 1.23 bits per heavy atom. The second-order valence-electron chi connectivity index (χ2n) is 7.35. The monoisotopic (exact) mass is 421 g/mol. The van der Waals surface area contributed by atoms with Gasteiger partial charge in [-0.05, 0) is 43.7 Å². The van der Waals surface area contributed by atoms with Gasteiger partial charge in [0, 0.05) is 40.9 Å². The number of nitrogens with zero attached hydrogens (tertiary/aromatic N) is 3. The molecular formula is C22H23N5O2S. The Hall–Kier alpha value is -3.10. The first-order valence-electron chi connectivity index (χ1n) is 9.87. The molecule has 2 aromatic heterocycles. The normalized spacial score (nSPS) is 16.9. The summed E-state index contributed by atoms with van der Waals surface area (Å²) in [6.45, 7) is 2.02. The third-order valence-corrected chi connectivity index (χ3v) is 5.87. The highest BCUT2D eigenvalue weighted by molar-refractivity contribution is 7.13. The summed E-state index contributed by atoms with van der Waals surface area (Å²) in [5.41, 5.74) is 8.55. The molecule has 0 spiro atoms. The van der Waals surface area contributed by atoms with Gasteiger partial charge in [0.2, 0.25) is 11.8 Å². The topological polar surface area (TPSA) is 101 Å². The molecule has 2 amide bonds. The number of carbonyl (C=O) groups excluding carboxylic acids is 2. The molecular weight excluding hydrogens is 398 g/mol. The van der Waals surface area contributed by atoms with Crippen LogP contribution in [0, 0.1) is 0 Å². The third kappa shape index (κ3) is 4.90. The van der Waals surface area contributed by atoms with Gasteiger partial charge in [-0.3, -0.25) is 19.5 Å². The lowest BCUT2D eigenvalue weighted by Gasteiger charge is -2.32. The molecule has 8 heteroatoms. The van der Waals surface area contributed by atoms with Crippen LogP contribution >= 0.6 is 11.3 Å². The molecule has 1 saturated heterocycles. The number of thiazole rings is 1. The minimum absolute atomic E-state index is 0.0458. The van der Waals surface area contributed by atoms with Crippen LogP contribution in [-0.4, -0.2) is 46.3 Å². The molecule has 0 aliphatic carbocycles. The SMILES string of the molecule is NC(=O)c1cccc(-c2cccc(C3CCCN(CC(=O)Nc4nccs4)C3)n2)c1. The quantitative estimate of drug-likeness (QED) is 0.637. The fourth-order valence-corrected chi connectivity index (χ4v) is 4.30. The largest absolute Gasteiger partial charge is 0.366 e. The highest BCUT2D eigenvalue weighted by atomic mass is 32.1. The molecule has 3 N–H and O–H groups in total. The van der Waals surface area contributed by atoms with Crippen molar-refractivity contribution in [3.63, 3.8) is 0 Å². The Labute approximate surface area is 179 Å². The Kier molecular flexibility index (Phi) is 6.15. The minimum atomic E-state index is -0.452. The molecule has 7 nitrogen and oxygen atoms in total. The smallest absolute Gasteiger partial charge is 0.248 e. The first-order chi connectivity index (χ1) is 14.6. The molecule has 0 radical (unpaired) electrons. The maximum atomic E-state index is 12.3. The number of pyridine rings is 1. The second kappa shape index (κ2) is 9.15. The number of primary amides is 1. The van der Waals surface area contributed by atoms with Gasteiger partial charge in [-0.1, -0.05) is 18.2 Å². The molecule has 154 valence electrons. The molecule has 1 aliphatic rings. The molecule has 3 heterocycles. The molecule has 1 unspecified atom stereocenters. The number of anilines is 1. The summed E-state index contributed by atoms with van der Waals surface area (Å²) in [5.74, 6) is -0.242. The van der Waals surface area contributed by atoms with Crippen molar-refractivity contribution in [2.75, 3.05) is 25.0 Å². The van der Waals surface area contributed by atoms with E-state index in [1.54, 1.807) is 18.3 Å². The van der Waals surface area contributed by atoms with E-state index in [-0.39, 0.29) is 11.8 Å². The Morgan fingerprint density at radius 2 is 2.10 bits per heavy atom. The highest BCUT2D eigenvalue weighted by Gasteiger charge is 2.24. The van der Waals surface area contributed by atoms with Gasteiger partial charge in [-0.2, -0.15) is 0 Å². The van der Waals surface area contributed by atoms with Crippen LogP contribution in [0.15, 0.2) is 54.0 Å². The zero-order valence-corrected chi connectivity index (χ0v) is 17.3. The maximum absolute atomic E-state index is 12.3. The lowest BCUT2D eigenvalue weighted by atomic mass is 9.93. The molecule has 1 aliphatic heterocycles. The molecule has 0 saturated carbocycles. The Bertz CT molecular complexity index is 1040. The summed E-state index contributed by atoms with van der Waals surface area (Å²) in [5, 5.41) is 5.31. The first kappa shape index (κ1) is 20.2. The number of carbonyl (C=O) groups is 2. The molecule has 30 heavy (non-hydrogen) atoms. The summed E-state index contributed by atoms with van der Waals surface area (Å²) < 4.78 is 0. The van der Waals surface area contributed by atoms with Crippen molar-refractivity contribution in [3.05, 3.63) is 65.3 Å². The van der Waals surface area contributed by atoms with E-state index in [4.69, 9.17) is 10.7 Å². The molecule has 4 rings (SSSR count). The summed E-state index contributed by atoms with van der Waals surface area (Å²) in [4.78, 5) is 34.9. The van der Waals surface area contributed by atoms with Crippen LogP contribution in [0.4, 0.5) is 5.13 Å². The molecule has 3 aromatic rings. The molecule has 1 atom stereocenters. The fraction of sp³-hybridized carbons (Fsp3) is 0.273. The van der Waals surface area contributed by atoms with Gasteiger partial charge >= 0.3 is 0 Å². The Morgan fingerprint density at radius 3 is 2.90 bits per heavy atom. The van der Waals surface area contributed by atoms with Crippen LogP contribution in [0.1, 0.15) is 34.8 Å². The van der Waals surface area contributed by atoms with Crippen LogP contribution in [0.5, 0.6) is 0 Å². The number of rotatable bonds is 6. The molecule has 0 bridgehead atoms. The predicted octanol–water partition coefficient (Wildman–Crippen LogP) is 3.12. The van der Waals surface area contributed by atoms with Crippen molar-refractivity contribution in [1.29, 1.82) is 0 Å². The first-order valence-corrected chi connectivity index (χ1v) is 10.8. The zero-order valence-electron chi connectivity index (χ0n) is 16.5. The molecule has 1 aromatic carbocycles.